The van der Waals surface area contributed by atoms with Gasteiger partial charge in [0, 0.05) is 110 Å². The Morgan fingerprint density at radius 2 is 0.407 bits per heavy atom. The molecule has 9 heteroatoms. The summed E-state index contributed by atoms with van der Waals surface area (Å²) in [6.45, 7) is 0. The third-order valence-corrected chi connectivity index (χ3v) is 20.8. The minimum Gasteiger partial charge on any atom is -0.356 e. The summed E-state index contributed by atoms with van der Waals surface area (Å²) in [5.74, 6) is 0. The van der Waals surface area contributed by atoms with Gasteiger partial charge in [0.2, 0.25) is 0 Å². The largest absolute Gasteiger partial charge is 0.356 e. The Hall–Kier alpha value is -14.6. The second-order valence-electron chi connectivity index (χ2n) is 27.5. The first-order valence-electron chi connectivity index (χ1n) is 37.9. The number of para-hydroxylation sites is 6. The van der Waals surface area contributed by atoms with Crippen LogP contribution in [0.1, 0.15) is 0 Å². The van der Waals surface area contributed by atoms with Gasteiger partial charge >= 0.3 is 0 Å². The minimum absolute atomic E-state index is 0.836. The van der Waals surface area contributed by atoms with Gasteiger partial charge < -0.3 is 19.4 Å². The first-order valence-corrected chi connectivity index (χ1v) is 38.7. The van der Waals surface area contributed by atoms with Crippen molar-refractivity contribution in [1.82, 2.24) is 29.1 Å². The molecule has 1 N–H and O–H groups in total. The quantitative estimate of drug-likeness (QED) is 0.110. The average molecular weight is 1510 g/mol. The van der Waals surface area contributed by atoms with E-state index in [-0.39, 0.29) is 0 Å². The highest BCUT2D eigenvalue weighted by Gasteiger charge is 2.23. The van der Waals surface area contributed by atoms with Crippen molar-refractivity contribution in [3.63, 3.8) is 0 Å². The molecule has 0 saturated heterocycles. The van der Waals surface area contributed by atoms with Crippen LogP contribution < -0.4 is 10.2 Å². The van der Waals surface area contributed by atoms with Crippen LogP contribution in [0.5, 0.6) is 0 Å². The van der Waals surface area contributed by atoms with E-state index in [1.165, 1.54) is 49.3 Å². The van der Waals surface area contributed by atoms with Crippen LogP contribution >= 0.6 is 15.9 Å². The number of rotatable bonds is 15. The van der Waals surface area contributed by atoms with Crippen LogP contribution in [-0.4, -0.2) is 29.1 Å². The molecule has 0 saturated carbocycles. The molecule has 0 radical (unpaired) electrons. The molecule has 20 rings (SSSR count). The highest BCUT2D eigenvalue weighted by molar-refractivity contribution is 9.10. The number of hydrogen-bond acceptors (Lipinski definition) is 6. The van der Waals surface area contributed by atoms with E-state index in [1.807, 2.05) is 103 Å². The van der Waals surface area contributed by atoms with Crippen molar-refractivity contribution in [2.75, 3.05) is 10.2 Å². The molecular formula is C104H73BrN8. The molecule has 113 heavy (non-hydrogen) atoms. The summed E-state index contributed by atoms with van der Waals surface area (Å²) in [5, 5.41) is 8.52. The maximum Gasteiger partial charge on any atom is 0.0973 e. The van der Waals surface area contributed by atoms with Gasteiger partial charge in [-0.15, -0.1) is 0 Å². The zero-order valence-electron chi connectivity index (χ0n) is 61.6. The predicted molar refractivity (Wildman–Crippen MR) is 475 cm³/mol. The monoisotopic (exact) mass is 1510 g/mol. The van der Waals surface area contributed by atoms with Crippen LogP contribution in [0, 0.1) is 0 Å². The van der Waals surface area contributed by atoms with Crippen LogP contribution in [0.3, 0.4) is 0 Å². The number of nitrogens with zero attached hydrogens (tertiary/aromatic N) is 7. The van der Waals surface area contributed by atoms with Crippen LogP contribution in [0.4, 0.5) is 28.4 Å². The Kier molecular flexibility index (Phi) is 20.0. The smallest absolute Gasteiger partial charge is 0.0973 e. The summed E-state index contributed by atoms with van der Waals surface area (Å²) in [5.41, 5.74) is 27.7. The maximum atomic E-state index is 5.46. The van der Waals surface area contributed by atoms with Gasteiger partial charge in [-0.2, -0.15) is 0 Å². The van der Waals surface area contributed by atoms with E-state index in [1.54, 1.807) is 0 Å². The second kappa shape index (κ2) is 32.3. The normalized spacial score (nSPS) is 11.1. The SMILES string of the molecule is Brc1ccc(-c2nc(-c3ccccc3)c(-c3ccccc3)nc2-c2ccccc2)cc1.c1ccc(-c2nc(-c3ccccc3)c(-c3ccc(N(c4ccccc4)c4ccc(-n5c6ccccc6c6ccccc65)cc4)cc3)nc2-c2ccccc2)cc1.c1ccc(Nc2ccc(-n3c4ccccc4c4ccccc43)cc2)cc1. The van der Waals surface area contributed by atoms with Crippen molar-refractivity contribution in [2.24, 2.45) is 0 Å². The highest BCUT2D eigenvalue weighted by atomic mass is 79.9. The molecule has 0 aliphatic rings. The fraction of sp³-hybridized carbons (Fsp3) is 0. The lowest BCUT2D eigenvalue weighted by Crippen LogP contribution is -2.10. The van der Waals surface area contributed by atoms with E-state index < -0.39 is 0 Å². The van der Waals surface area contributed by atoms with E-state index in [2.05, 4.69) is 369 Å². The van der Waals surface area contributed by atoms with Crippen molar-refractivity contribution in [3.05, 3.63) is 441 Å². The van der Waals surface area contributed by atoms with E-state index >= 15 is 0 Å². The topological polar surface area (TPSA) is 76.7 Å². The average Bonchev–Trinajstić information content (AvgIpc) is 1.46. The van der Waals surface area contributed by atoms with E-state index in [4.69, 9.17) is 19.9 Å². The van der Waals surface area contributed by atoms with Crippen LogP contribution in [0.25, 0.3) is 145 Å². The molecule has 0 bridgehead atoms. The van der Waals surface area contributed by atoms with Crippen molar-refractivity contribution < 1.29 is 0 Å². The number of halogens is 1. The first-order chi connectivity index (χ1) is 56.0. The molecule has 16 aromatic carbocycles. The number of aromatic nitrogens is 6. The van der Waals surface area contributed by atoms with Gasteiger partial charge in [-0.05, 0) is 121 Å². The molecule has 4 heterocycles. The number of benzene rings is 16. The Labute approximate surface area is 665 Å². The lowest BCUT2D eigenvalue weighted by atomic mass is 9.99. The molecule has 0 amide bonds. The molecule has 536 valence electrons. The van der Waals surface area contributed by atoms with E-state index in [0.29, 0.717) is 0 Å². The van der Waals surface area contributed by atoms with Crippen molar-refractivity contribution in [2.45, 2.75) is 0 Å². The fourth-order valence-electron chi connectivity index (χ4n) is 15.0. The molecule has 20 aromatic rings. The summed E-state index contributed by atoms with van der Waals surface area (Å²) in [6.07, 6.45) is 0. The molecule has 0 unspecified atom stereocenters. The summed E-state index contributed by atoms with van der Waals surface area (Å²) in [6, 6.07) is 152. The standard InChI is InChI=1S/C52H36N4.C28H19BrN2.C24H18N2/c1-5-17-37(18-6-1)49-50(38-19-7-2-8-20-38)54-52(51(53-49)39-21-9-3-10-22-39)40-29-31-42(32-30-40)55(41-23-11-4-12-24-41)43-33-35-44(36-34-43)56-47-27-15-13-25-45(47)46-26-14-16-28-48(46)56;29-24-18-16-23(17-19-24)28-27(22-14-8-3-9-15-22)30-25(20-10-4-1-5-11-20)26(31-28)21-12-6-2-7-13-21;1-2-8-18(9-3-1)25-19-14-16-20(17-15-19)26-23-12-6-4-10-21(23)22-11-5-7-13-24(22)26/h1-36H;1-19H;1-17,25H. The number of hydrogen-bond donors (Lipinski definition) is 1. The first kappa shape index (κ1) is 70.1. The predicted octanol–water partition coefficient (Wildman–Crippen LogP) is 28.1. The summed E-state index contributed by atoms with van der Waals surface area (Å²) < 4.78 is 5.72. The third kappa shape index (κ3) is 14.7. The molecule has 0 spiro atoms. The van der Waals surface area contributed by atoms with Gasteiger partial charge in [0.25, 0.3) is 0 Å². The van der Waals surface area contributed by atoms with Gasteiger partial charge in [0.05, 0.1) is 67.6 Å². The van der Waals surface area contributed by atoms with Gasteiger partial charge in [0.15, 0.2) is 0 Å². The maximum absolute atomic E-state index is 5.46. The van der Waals surface area contributed by atoms with Gasteiger partial charge in [-0.25, -0.2) is 19.9 Å². The van der Waals surface area contributed by atoms with Crippen molar-refractivity contribution in [3.8, 4) is 101 Å². The van der Waals surface area contributed by atoms with E-state index in [0.717, 1.165) is 129 Å². The fourth-order valence-corrected chi connectivity index (χ4v) is 15.3. The number of anilines is 5. The van der Waals surface area contributed by atoms with Gasteiger partial charge in [0.1, 0.15) is 0 Å². The highest BCUT2D eigenvalue weighted by Crippen LogP contribution is 2.43. The minimum atomic E-state index is 0.836. The Morgan fingerprint density at radius 1 is 0.195 bits per heavy atom. The third-order valence-electron chi connectivity index (χ3n) is 20.3. The lowest BCUT2D eigenvalue weighted by molar-refractivity contribution is 1.17. The molecule has 0 aliphatic carbocycles. The number of nitrogens with one attached hydrogen (secondary N) is 1. The lowest BCUT2D eigenvalue weighted by Gasteiger charge is -2.26. The van der Waals surface area contributed by atoms with E-state index in [9.17, 15) is 0 Å². The molecule has 0 fully saturated rings. The van der Waals surface area contributed by atoms with Crippen LogP contribution in [0.2, 0.25) is 0 Å². The van der Waals surface area contributed by atoms with Crippen LogP contribution in [-0.2, 0) is 0 Å². The molecule has 8 nitrogen and oxygen atoms in total. The molecular weight excluding hydrogens is 1440 g/mol. The molecule has 4 aromatic heterocycles. The zero-order valence-corrected chi connectivity index (χ0v) is 63.2. The molecule has 0 aliphatic heterocycles. The second-order valence-corrected chi connectivity index (χ2v) is 28.4. The summed E-state index contributed by atoms with van der Waals surface area (Å²) >= 11 is 3.54. The Bertz CT molecular complexity index is 6530. The van der Waals surface area contributed by atoms with Crippen LogP contribution in [0.15, 0.2) is 441 Å². The Morgan fingerprint density at radius 3 is 0.708 bits per heavy atom. The summed E-state index contributed by atoms with van der Waals surface area (Å²) in [7, 11) is 0. The van der Waals surface area contributed by atoms with Gasteiger partial charge in [-0.1, -0.05) is 331 Å². The summed E-state index contributed by atoms with van der Waals surface area (Å²) in [4.78, 5) is 23.6. The van der Waals surface area contributed by atoms with Crippen molar-refractivity contribution >= 4 is 88.0 Å². The molecule has 0 atom stereocenters. The number of fused-ring (bicyclic) bond motifs is 6. The van der Waals surface area contributed by atoms with Gasteiger partial charge in [-0.3, -0.25) is 0 Å². The Balaban J connectivity index is 0.000000131. The zero-order chi connectivity index (χ0) is 75.7. The van der Waals surface area contributed by atoms with Crippen molar-refractivity contribution in [1.29, 1.82) is 0 Å².